The maximum Gasteiger partial charge on any atom is 0.406 e. The van der Waals surface area contributed by atoms with Crippen LogP contribution in [-0.2, 0) is 12.0 Å². The van der Waals surface area contributed by atoms with Crippen molar-refractivity contribution < 1.29 is 18.0 Å². The van der Waals surface area contributed by atoms with E-state index in [2.05, 4.69) is 15.3 Å². The fourth-order valence-corrected chi connectivity index (χ4v) is 2.10. The normalized spacial score (nSPS) is 15.9. The van der Waals surface area contributed by atoms with Crippen LogP contribution in [0.15, 0.2) is 6.33 Å². The predicted molar refractivity (Wildman–Crippen MR) is 66.2 cm³/mol. The summed E-state index contributed by atoms with van der Waals surface area (Å²) in [7, 11) is 0. The van der Waals surface area contributed by atoms with Gasteiger partial charge in [-0.2, -0.15) is 13.2 Å². The molecule has 2 rings (SSSR count). The SMILES string of the molecule is CC(C)(C)c1ncnc2c1CN(CC(F)(F)F)C(=O)N2. The van der Waals surface area contributed by atoms with E-state index in [4.69, 9.17) is 0 Å². The second-order valence-corrected chi connectivity index (χ2v) is 5.70. The Balaban J connectivity index is 2.38. The topological polar surface area (TPSA) is 58.1 Å². The first-order chi connectivity index (χ1) is 9.08. The first-order valence-corrected chi connectivity index (χ1v) is 6.05. The number of alkyl halides is 3. The molecule has 2 amide bonds. The number of nitrogens with one attached hydrogen (secondary N) is 1. The van der Waals surface area contributed by atoms with Crippen LogP contribution in [0.2, 0.25) is 0 Å². The minimum atomic E-state index is -4.44. The molecule has 2 heterocycles. The number of amides is 2. The summed E-state index contributed by atoms with van der Waals surface area (Å²) in [5, 5.41) is 2.38. The molecule has 110 valence electrons. The van der Waals surface area contributed by atoms with Gasteiger partial charge >= 0.3 is 12.2 Å². The van der Waals surface area contributed by atoms with Crippen LogP contribution in [0.5, 0.6) is 0 Å². The lowest BCUT2D eigenvalue weighted by atomic mass is 9.88. The molecule has 20 heavy (non-hydrogen) atoms. The summed E-state index contributed by atoms with van der Waals surface area (Å²) in [6, 6.07) is -0.798. The molecular weight excluding hydrogens is 273 g/mol. The van der Waals surface area contributed by atoms with E-state index in [1.807, 2.05) is 20.8 Å². The molecule has 0 bridgehead atoms. The lowest BCUT2D eigenvalue weighted by Crippen LogP contribution is -2.45. The number of hydrogen-bond donors (Lipinski definition) is 1. The highest BCUT2D eigenvalue weighted by molar-refractivity contribution is 5.91. The number of anilines is 1. The van der Waals surface area contributed by atoms with Crippen LogP contribution >= 0.6 is 0 Å². The Kier molecular flexibility index (Phi) is 3.35. The molecule has 0 saturated carbocycles. The Labute approximate surface area is 114 Å². The number of carbonyl (C=O) groups is 1. The van der Waals surface area contributed by atoms with Crippen LogP contribution < -0.4 is 5.32 Å². The molecule has 0 unspecified atom stereocenters. The number of hydrogen-bond acceptors (Lipinski definition) is 3. The quantitative estimate of drug-likeness (QED) is 0.864. The maximum absolute atomic E-state index is 12.5. The fourth-order valence-electron chi connectivity index (χ4n) is 2.10. The zero-order valence-corrected chi connectivity index (χ0v) is 11.4. The minimum absolute atomic E-state index is 0.145. The number of fused-ring (bicyclic) bond motifs is 1. The summed E-state index contributed by atoms with van der Waals surface area (Å²) < 4.78 is 37.4. The molecule has 0 aromatic carbocycles. The van der Waals surface area contributed by atoms with Crippen LogP contribution in [0, 0.1) is 0 Å². The van der Waals surface area contributed by atoms with Gasteiger partial charge in [-0.1, -0.05) is 20.8 Å². The number of halogens is 3. The molecule has 1 N–H and O–H groups in total. The Morgan fingerprint density at radius 1 is 1.30 bits per heavy atom. The first kappa shape index (κ1) is 14.5. The summed E-state index contributed by atoms with van der Waals surface area (Å²) in [4.78, 5) is 20.4. The maximum atomic E-state index is 12.5. The Morgan fingerprint density at radius 3 is 2.50 bits per heavy atom. The summed E-state index contributed by atoms with van der Waals surface area (Å²) in [6.07, 6.45) is -3.13. The van der Waals surface area contributed by atoms with Crippen molar-refractivity contribution in [2.24, 2.45) is 0 Å². The van der Waals surface area contributed by atoms with Crippen LogP contribution in [0.4, 0.5) is 23.8 Å². The van der Waals surface area contributed by atoms with Gasteiger partial charge in [-0.05, 0) is 0 Å². The van der Waals surface area contributed by atoms with E-state index >= 15 is 0 Å². The van der Waals surface area contributed by atoms with Crippen molar-refractivity contribution >= 4 is 11.8 Å². The highest BCUT2D eigenvalue weighted by Gasteiger charge is 2.37. The van der Waals surface area contributed by atoms with E-state index in [0.29, 0.717) is 16.2 Å². The average Bonchev–Trinajstić information content (AvgIpc) is 2.26. The molecule has 1 aromatic rings. The van der Waals surface area contributed by atoms with Gasteiger partial charge in [0.1, 0.15) is 18.7 Å². The third-order valence-electron chi connectivity index (χ3n) is 2.89. The standard InChI is InChI=1S/C12H15F3N4O/c1-11(2,3)8-7-4-19(5-12(13,14)15)10(20)18-9(7)17-6-16-8/h6H,4-5H2,1-3H3,(H,16,17,18,20). The van der Waals surface area contributed by atoms with Crippen molar-refractivity contribution in [2.75, 3.05) is 11.9 Å². The average molecular weight is 288 g/mol. The molecular formula is C12H15F3N4O. The Bertz CT molecular complexity index is 536. The van der Waals surface area contributed by atoms with E-state index in [1.54, 1.807) is 0 Å². The molecule has 1 aromatic heterocycles. The monoisotopic (exact) mass is 288 g/mol. The second-order valence-electron chi connectivity index (χ2n) is 5.70. The highest BCUT2D eigenvalue weighted by Crippen LogP contribution is 2.31. The fraction of sp³-hybridized carbons (Fsp3) is 0.583. The third-order valence-corrected chi connectivity index (χ3v) is 2.89. The lowest BCUT2D eigenvalue weighted by molar-refractivity contribution is -0.140. The van der Waals surface area contributed by atoms with Crippen molar-refractivity contribution in [3.8, 4) is 0 Å². The molecule has 5 nitrogen and oxygen atoms in total. The van der Waals surface area contributed by atoms with Gasteiger partial charge in [-0.25, -0.2) is 14.8 Å². The zero-order chi connectivity index (χ0) is 15.1. The molecule has 0 fully saturated rings. The number of rotatable bonds is 1. The number of nitrogens with zero attached hydrogens (tertiary/aromatic N) is 3. The van der Waals surface area contributed by atoms with Crippen molar-refractivity contribution in [1.82, 2.24) is 14.9 Å². The van der Waals surface area contributed by atoms with Gasteiger partial charge in [0.05, 0.1) is 12.2 Å². The summed E-state index contributed by atoms with van der Waals surface area (Å²) in [5.41, 5.74) is 0.817. The zero-order valence-electron chi connectivity index (χ0n) is 11.4. The summed E-state index contributed by atoms with van der Waals surface area (Å²) in [5.74, 6) is 0.286. The smallest absolute Gasteiger partial charge is 0.311 e. The van der Waals surface area contributed by atoms with Gasteiger partial charge in [0, 0.05) is 11.0 Å². The van der Waals surface area contributed by atoms with Gasteiger partial charge in [0.2, 0.25) is 0 Å². The highest BCUT2D eigenvalue weighted by atomic mass is 19.4. The van der Waals surface area contributed by atoms with Crippen molar-refractivity contribution in [1.29, 1.82) is 0 Å². The van der Waals surface area contributed by atoms with Crippen molar-refractivity contribution in [3.05, 3.63) is 17.6 Å². The molecule has 1 aliphatic heterocycles. The van der Waals surface area contributed by atoms with Gasteiger partial charge in [0.15, 0.2) is 0 Å². The van der Waals surface area contributed by atoms with Crippen LogP contribution in [-0.4, -0.2) is 33.6 Å². The number of urea groups is 1. The van der Waals surface area contributed by atoms with Crippen molar-refractivity contribution in [3.63, 3.8) is 0 Å². The van der Waals surface area contributed by atoms with Gasteiger partial charge in [0.25, 0.3) is 0 Å². The summed E-state index contributed by atoms with van der Waals surface area (Å²) >= 11 is 0. The predicted octanol–water partition coefficient (Wildman–Crippen LogP) is 2.68. The number of aromatic nitrogens is 2. The van der Waals surface area contributed by atoms with Gasteiger partial charge in [-0.3, -0.25) is 5.32 Å². The van der Waals surface area contributed by atoms with Crippen LogP contribution in [0.1, 0.15) is 32.0 Å². The largest absolute Gasteiger partial charge is 0.406 e. The first-order valence-electron chi connectivity index (χ1n) is 6.05. The minimum Gasteiger partial charge on any atom is -0.311 e. The van der Waals surface area contributed by atoms with Gasteiger partial charge in [-0.15, -0.1) is 0 Å². The van der Waals surface area contributed by atoms with E-state index in [0.717, 1.165) is 0 Å². The van der Waals surface area contributed by atoms with E-state index in [-0.39, 0.29) is 17.8 Å². The molecule has 0 radical (unpaired) electrons. The van der Waals surface area contributed by atoms with Crippen molar-refractivity contribution in [2.45, 2.75) is 38.9 Å². The van der Waals surface area contributed by atoms with E-state index in [1.165, 1.54) is 6.33 Å². The summed E-state index contributed by atoms with van der Waals surface area (Å²) in [6.45, 7) is 4.27. The molecule has 1 aliphatic rings. The van der Waals surface area contributed by atoms with Crippen LogP contribution in [0.25, 0.3) is 0 Å². The molecule has 8 heteroatoms. The Morgan fingerprint density at radius 2 is 1.95 bits per heavy atom. The molecule has 0 aliphatic carbocycles. The van der Waals surface area contributed by atoms with Gasteiger partial charge < -0.3 is 4.90 Å². The molecule has 0 saturated heterocycles. The Hall–Kier alpha value is -1.86. The van der Waals surface area contributed by atoms with E-state index in [9.17, 15) is 18.0 Å². The number of carbonyl (C=O) groups excluding carboxylic acids is 1. The lowest BCUT2D eigenvalue weighted by Gasteiger charge is -2.32. The molecule has 0 spiro atoms. The second kappa shape index (κ2) is 4.60. The van der Waals surface area contributed by atoms with Crippen LogP contribution in [0.3, 0.4) is 0 Å². The third kappa shape index (κ3) is 3.00. The molecule has 0 atom stereocenters. The van der Waals surface area contributed by atoms with E-state index < -0.39 is 18.8 Å².